The summed E-state index contributed by atoms with van der Waals surface area (Å²) in [5.41, 5.74) is 0. The Morgan fingerprint density at radius 3 is 2.88 bits per heavy atom. The van der Waals surface area contributed by atoms with Crippen LogP contribution in [0.15, 0.2) is 0 Å². The Morgan fingerprint density at radius 1 is 1.47 bits per heavy atom. The average molecular weight is 256 g/mol. The Hall–Kier alpha value is -1.22. The molecule has 1 aliphatic carbocycles. The zero-order chi connectivity index (χ0) is 12.7. The molecule has 0 radical (unpaired) electrons. The van der Waals surface area contributed by atoms with Crippen molar-refractivity contribution in [3.05, 3.63) is 0 Å². The molecular formula is C11H16N2O3S. The molecule has 2 atom stereocenters. The smallest absolute Gasteiger partial charge is 0.306 e. The minimum Gasteiger partial charge on any atom is -0.481 e. The quantitative estimate of drug-likeness (QED) is 0.688. The van der Waals surface area contributed by atoms with Gasteiger partial charge in [0, 0.05) is 6.54 Å². The standard InChI is InChI=1S/C11H16N2O3S/c12-4-5-17-7-10(14)13-6-8-2-1-3-9(8)11(15)16/h8-9H,1-3,5-7H2,(H,13,14)(H,15,16). The molecule has 0 heterocycles. The molecule has 6 heteroatoms. The maximum absolute atomic E-state index is 11.4. The van der Waals surface area contributed by atoms with Gasteiger partial charge in [-0.05, 0) is 18.8 Å². The zero-order valence-corrected chi connectivity index (χ0v) is 10.3. The van der Waals surface area contributed by atoms with Gasteiger partial charge in [0.25, 0.3) is 0 Å². The summed E-state index contributed by atoms with van der Waals surface area (Å²) in [6.07, 6.45) is 2.49. The van der Waals surface area contributed by atoms with Gasteiger partial charge in [-0.2, -0.15) is 5.26 Å². The number of rotatable bonds is 6. The molecule has 17 heavy (non-hydrogen) atoms. The van der Waals surface area contributed by atoms with Gasteiger partial charge in [-0.1, -0.05) is 6.42 Å². The van der Waals surface area contributed by atoms with E-state index in [-0.39, 0.29) is 23.5 Å². The molecule has 1 rings (SSSR count). The van der Waals surface area contributed by atoms with Gasteiger partial charge in [0.2, 0.25) is 5.91 Å². The van der Waals surface area contributed by atoms with Crippen LogP contribution < -0.4 is 5.32 Å². The van der Waals surface area contributed by atoms with Crippen LogP contribution in [-0.2, 0) is 9.59 Å². The van der Waals surface area contributed by atoms with E-state index >= 15 is 0 Å². The van der Waals surface area contributed by atoms with Crippen molar-refractivity contribution in [2.45, 2.75) is 19.3 Å². The number of aliphatic carboxylic acids is 1. The van der Waals surface area contributed by atoms with Crippen molar-refractivity contribution in [1.82, 2.24) is 5.32 Å². The van der Waals surface area contributed by atoms with Crippen LogP contribution in [0.1, 0.15) is 19.3 Å². The highest BCUT2D eigenvalue weighted by Crippen LogP contribution is 2.31. The van der Waals surface area contributed by atoms with Crippen molar-refractivity contribution in [2.75, 3.05) is 18.1 Å². The molecular weight excluding hydrogens is 240 g/mol. The van der Waals surface area contributed by atoms with Crippen LogP contribution in [0.5, 0.6) is 0 Å². The van der Waals surface area contributed by atoms with E-state index in [9.17, 15) is 9.59 Å². The summed E-state index contributed by atoms with van der Waals surface area (Å²) in [5.74, 6) is -0.589. The van der Waals surface area contributed by atoms with Crippen LogP contribution in [0.4, 0.5) is 0 Å². The van der Waals surface area contributed by atoms with Crippen LogP contribution >= 0.6 is 11.8 Å². The number of carboxylic acid groups (broad SMARTS) is 1. The summed E-state index contributed by atoms with van der Waals surface area (Å²) in [6, 6.07) is 1.95. The number of nitriles is 1. The third-order valence-corrected chi connectivity index (χ3v) is 3.74. The predicted octanol–water partition coefficient (Wildman–Crippen LogP) is 0.860. The highest BCUT2D eigenvalue weighted by atomic mass is 32.2. The summed E-state index contributed by atoms with van der Waals surface area (Å²) in [7, 11) is 0. The number of hydrogen-bond acceptors (Lipinski definition) is 4. The van der Waals surface area contributed by atoms with E-state index in [1.165, 1.54) is 11.8 Å². The fourth-order valence-electron chi connectivity index (χ4n) is 2.09. The van der Waals surface area contributed by atoms with Crippen molar-refractivity contribution in [2.24, 2.45) is 11.8 Å². The second kappa shape index (κ2) is 7.17. The minimum atomic E-state index is -0.763. The first kappa shape index (κ1) is 13.8. The van der Waals surface area contributed by atoms with Gasteiger partial charge in [0.15, 0.2) is 0 Å². The third-order valence-electron chi connectivity index (χ3n) is 2.94. The maximum atomic E-state index is 11.4. The molecule has 1 aliphatic rings. The highest BCUT2D eigenvalue weighted by Gasteiger charge is 2.32. The van der Waals surface area contributed by atoms with E-state index in [1.54, 1.807) is 0 Å². The van der Waals surface area contributed by atoms with E-state index in [0.29, 0.717) is 18.7 Å². The van der Waals surface area contributed by atoms with E-state index in [0.717, 1.165) is 12.8 Å². The number of thioether (sulfide) groups is 1. The Balaban J connectivity index is 2.23. The number of nitrogens with one attached hydrogen (secondary N) is 1. The Morgan fingerprint density at radius 2 is 2.24 bits per heavy atom. The number of carboxylic acids is 1. The zero-order valence-electron chi connectivity index (χ0n) is 9.52. The Labute approximate surface area is 105 Å². The molecule has 1 amide bonds. The summed E-state index contributed by atoms with van der Waals surface area (Å²) >= 11 is 1.26. The van der Waals surface area contributed by atoms with Crippen LogP contribution in [0.25, 0.3) is 0 Å². The lowest BCUT2D eigenvalue weighted by molar-refractivity contribution is -0.143. The van der Waals surface area contributed by atoms with Gasteiger partial charge in [0.05, 0.1) is 23.5 Å². The van der Waals surface area contributed by atoms with Crippen molar-refractivity contribution in [3.63, 3.8) is 0 Å². The van der Waals surface area contributed by atoms with E-state index in [4.69, 9.17) is 10.4 Å². The lowest BCUT2D eigenvalue weighted by Crippen LogP contribution is -2.34. The first-order chi connectivity index (χ1) is 8.15. The monoisotopic (exact) mass is 256 g/mol. The number of amides is 1. The van der Waals surface area contributed by atoms with Crippen LogP contribution in [0.2, 0.25) is 0 Å². The molecule has 0 saturated heterocycles. The Kier molecular flexibility index (Phi) is 5.84. The topological polar surface area (TPSA) is 90.2 Å². The number of carbonyl (C=O) groups is 2. The Bertz CT molecular complexity index is 327. The molecule has 0 aromatic carbocycles. The van der Waals surface area contributed by atoms with E-state index in [2.05, 4.69) is 5.32 Å². The fourth-order valence-corrected chi connectivity index (χ4v) is 2.57. The first-order valence-corrected chi connectivity index (χ1v) is 6.74. The molecule has 94 valence electrons. The predicted molar refractivity (Wildman–Crippen MR) is 64.4 cm³/mol. The van der Waals surface area contributed by atoms with Gasteiger partial charge in [-0.15, -0.1) is 11.8 Å². The van der Waals surface area contributed by atoms with Crippen molar-refractivity contribution in [3.8, 4) is 6.07 Å². The number of hydrogen-bond donors (Lipinski definition) is 2. The molecule has 1 fully saturated rings. The molecule has 1 saturated carbocycles. The SMILES string of the molecule is N#CCSCC(=O)NCC1CCCC1C(=O)O. The second-order valence-corrected chi connectivity index (χ2v) is 5.08. The molecule has 0 bridgehead atoms. The highest BCUT2D eigenvalue weighted by molar-refractivity contribution is 8.00. The molecule has 0 aromatic rings. The van der Waals surface area contributed by atoms with Crippen LogP contribution in [0, 0.1) is 23.2 Å². The van der Waals surface area contributed by atoms with E-state index < -0.39 is 5.97 Å². The maximum Gasteiger partial charge on any atom is 0.306 e. The largest absolute Gasteiger partial charge is 0.481 e. The van der Waals surface area contributed by atoms with Crippen molar-refractivity contribution < 1.29 is 14.7 Å². The lowest BCUT2D eigenvalue weighted by Gasteiger charge is -2.16. The van der Waals surface area contributed by atoms with Crippen LogP contribution in [-0.4, -0.2) is 35.0 Å². The molecule has 0 aliphatic heterocycles. The molecule has 5 nitrogen and oxygen atoms in total. The van der Waals surface area contributed by atoms with Gasteiger partial charge in [-0.25, -0.2) is 0 Å². The number of carbonyl (C=O) groups excluding carboxylic acids is 1. The molecule has 0 spiro atoms. The van der Waals surface area contributed by atoms with Gasteiger partial charge in [-0.3, -0.25) is 9.59 Å². The summed E-state index contributed by atoms with van der Waals surface area (Å²) in [5, 5.41) is 20.0. The van der Waals surface area contributed by atoms with Gasteiger partial charge in [0.1, 0.15) is 0 Å². The number of nitrogens with zero attached hydrogens (tertiary/aromatic N) is 1. The normalized spacial score (nSPS) is 23.0. The third kappa shape index (κ3) is 4.65. The summed E-state index contributed by atoms with van der Waals surface area (Å²) in [6.45, 7) is 0.433. The fraction of sp³-hybridized carbons (Fsp3) is 0.727. The minimum absolute atomic E-state index is 0.0532. The lowest BCUT2D eigenvalue weighted by atomic mass is 9.96. The van der Waals surface area contributed by atoms with Gasteiger partial charge < -0.3 is 10.4 Å². The average Bonchev–Trinajstić information content (AvgIpc) is 2.75. The summed E-state index contributed by atoms with van der Waals surface area (Å²) in [4.78, 5) is 22.3. The molecule has 2 unspecified atom stereocenters. The second-order valence-electron chi connectivity index (χ2n) is 4.09. The van der Waals surface area contributed by atoms with Gasteiger partial charge >= 0.3 is 5.97 Å². The summed E-state index contributed by atoms with van der Waals surface area (Å²) < 4.78 is 0. The van der Waals surface area contributed by atoms with E-state index in [1.807, 2.05) is 6.07 Å². The molecule has 2 N–H and O–H groups in total. The molecule has 0 aromatic heterocycles. The first-order valence-electron chi connectivity index (χ1n) is 5.59. The van der Waals surface area contributed by atoms with Crippen LogP contribution in [0.3, 0.4) is 0 Å². The van der Waals surface area contributed by atoms with Crippen molar-refractivity contribution >= 4 is 23.6 Å². The van der Waals surface area contributed by atoms with Crippen molar-refractivity contribution in [1.29, 1.82) is 5.26 Å².